The van der Waals surface area contributed by atoms with Crippen molar-refractivity contribution in [3.05, 3.63) is 34.9 Å². The lowest BCUT2D eigenvalue weighted by Gasteiger charge is -2.19. The van der Waals surface area contributed by atoms with Crippen LogP contribution in [-0.4, -0.2) is 41.8 Å². The first kappa shape index (κ1) is 16.6. The summed E-state index contributed by atoms with van der Waals surface area (Å²) in [5.41, 5.74) is 3.16. The zero-order chi connectivity index (χ0) is 15.1. The smallest absolute Gasteiger partial charge is 0.172 e. The van der Waals surface area contributed by atoms with Gasteiger partial charge in [-0.15, -0.1) is 0 Å². The predicted octanol–water partition coefficient (Wildman–Crippen LogP) is 4.10. The van der Waals surface area contributed by atoms with Crippen LogP contribution < -0.4 is 0 Å². The van der Waals surface area contributed by atoms with E-state index in [9.17, 15) is 4.79 Å². The lowest BCUT2D eigenvalue weighted by molar-refractivity contribution is 0.102. The molecule has 0 aromatic heterocycles. The summed E-state index contributed by atoms with van der Waals surface area (Å²) in [5, 5.41) is 0. The molecule has 0 amide bonds. The molecule has 0 saturated carbocycles. The van der Waals surface area contributed by atoms with Gasteiger partial charge in [-0.2, -0.15) is 11.8 Å². The molecule has 1 heterocycles. The van der Waals surface area contributed by atoms with Crippen LogP contribution in [0.3, 0.4) is 0 Å². The van der Waals surface area contributed by atoms with Crippen LogP contribution in [0.5, 0.6) is 0 Å². The number of hydrogen-bond donors (Lipinski definition) is 0. The van der Waals surface area contributed by atoms with Crippen molar-refractivity contribution in [1.82, 2.24) is 4.90 Å². The first-order chi connectivity index (χ1) is 10.2. The van der Waals surface area contributed by atoms with Gasteiger partial charge in [0.1, 0.15) is 0 Å². The van der Waals surface area contributed by atoms with E-state index in [4.69, 9.17) is 0 Å². The molecule has 1 fully saturated rings. The molecule has 0 bridgehead atoms. The summed E-state index contributed by atoms with van der Waals surface area (Å²) < 4.78 is 0. The van der Waals surface area contributed by atoms with E-state index >= 15 is 0 Å². The number of likely N-dealkylation sites (tertiary alicyclic amines) is 1. The molecule has 2 nitrogen and oxygen atoms in total. The number of carbonyl (C=O) groups excluding carboxylic acids is 1. The zero-order valence-electron chi connectivity index (χ0n) is 13.4. The molecular weight excluding hydrogens is 278 g/mol. The fraction of sp³-hybridized carbons (Fsp3) is 0.611. The molecule has 0 aliphatic carbocycles. The topological polar surface area (TPSA) is 20.3 Å². The second-order valence-electron chi connectivity index (χ2n) is 6.05. The highest BCUT2D eigenvalue weighted by Gasteiger charge is 2.11. The van der Waals surface area contributed by atoms with Gasteiger partial charge in [-0.1, -0.05) is 30.5 Å². The lowest BCUT2D eigenvalue weighted by Crippen LogP contribution is -2.27. The van der Waals surface area contributed by atoms with Crippen LogP contribution in [0.15, 0.2) is 18.2 Å². The first-order valence-corrected chi connectivity index (χ1v) is 9.23. The highest BCUT2D eigenvalue weighted by atomic mass is 32.2. The Balaban J connectivity index is 1.72. The predicted molar refractivity (Wildman–Crippen MR) is 92.5 cm³/mol. The van der Waals surface area contributed by atoms with E-state index in [1.165, 1.54) is 44.3 Å². The number of thioether (sulfide) groups is 1. The van der Waals surface area contributed by atoms with E-state index < -0.39 is 0 Å². The maximum Gasteiger partial charge on any atom is 0.172 e. The number of ketones is 1. The zero-order valence-corrected chi connectivity index (χ0v) is 14.2. The molecule has 1 aromatic rings. The standard InChI is InChI=1S/C18H27NOS/c1-15-7-8-16(2)17(13-15)18(20)14-21-12-11-19-9-5-3-4-6-10-19/h7-8,13H,3-6,9-12,14H2,1-2H3. The molecule has 1 saturated heterocycles. The minimum Gasteiger partial charge on any atom is -0.303 e. The Morgan fingerprint density at radius 1 is 1.14 bits per heavy atom. The van der Waals surface area contributed by atoms with Gasteiger partial charge in [0.2, 0.25) is 0 Å². The molecule has 2 rings (SSSR count). The summed E-state index contributed by atoms with van der Waals surface area (Å²) in [5.74, 6) is 1.95. The third-order valence-electron chi connectivity index (χ3n) is 4.18. The number of benzene rings is 1. The van der Waals surface area contributed by atoms with Gasteiger partial charge in [0, 0.05) is 17.9 Å². The van der Waals surface area contributed by atoms with Crippen molar-refractivity contribution in [2.24, 2.45) is 0 Å². The van der Waals surface area contributed by atoms with E-state index in [1.54, 1.807) is 11.8 Å². The summed E-state index contributed by atoms with van der Waals surface area (Å²) in [4.78, 5) is 14.8. The highest BCUT2D eigenvalue weighted by Crippen LogP contribution is 2.15. The second-order valence-corrected chi connectivity index (χ2v) is 7.16. The van der Waals surface area contributed by atoms with Gasteiger partial charge in [0.15, 0.2) is 5.78 Å². The maximum atomic E-state index is 12.3. The van der Waals surface area contributed by atoms with Gasteiger partial charge in [-0.05, 0) is 51.4 Å². The Hall–Kier alpha value is -0.800. The minimum absolute atomic E-state index is 0.275. The number of nitrogens with zero attached hydrogens (tertiary/aromatic N) is 1. The molecule has 3 heteroatoms. The Morgan fingerprint density at radius 2 is 1.86 bits per heavy atom. The number of Topliss-reactive ketones (excluding diaryl/α,β-unsaturated/α-hetero) is 1. The summed E-state index contributed by atoms with van der Waals surface area (Å²) >= 11 is 1.78. The monoisotopic (exact) mass is 305 g/mol. The van der Waals surface area contributed by atoms with Crippen molar-refractivity contribution in [2.75, 3.05) is 31.1 Å². The van der Waals surface area contributed by atoms with E-state index in [-0.39, 0.29) is 5.78 Å². The minimum atomic E-state index is 0.275. The normalized spacial score (nSPS) is 16.7. The van der Waals surface area contributed by atoms with Crippen molar-refractivity contribution >= 4 is 17.5 Å². The van der Waals surface area contributed by atoms with Crippen LogP contribution in [0.25, 0.3) is 0 Å². The third-order valence-corrected chi connectivity index (χ3v) is 5.11. The van der Waals surface area contributed by atoms with Crippen molar-refractivity contribution in [2.45, 2.75) is 39.5 Å². The first-order valence-electron chi connectivity index (χ1n) is 8.07. The van der Waals surface area contributed by atoms with Crippen LogP contribution in [0.2, 0.25) is 0 Å². The molecule has 1 aliphatic rings. The third kappa shape index (κ3) is 5.48. The van der Waals surface area contributed by atoms with Crippen molar-refractivity contribution in [1.29, 1.82) is 0 Å². The summed E-state index contributed by atoms with van der Waals surface area (Å²) in [6, 6.07) is 6.14. The average molecular weight is 305 g/mol. The fourth-order valence-electron chi connectivity index (χ4n) is 2.83. The molecule has 1 aromatic carbocycles. The summed E-state index contributed by atoms with van der Waals surface area (Å²) in [6.07, 6.45) is 5.45. The number of hydrogen-bond acceptors (Lipinski definition) is 3. The maximum absolute atomic E-state index is 12.3. The van der Waals surface area contributed by atoms with Gasteiger partial charge in [-0.25, -0.2) is 0 Å². The van der Waals surface area contributed by atoms with Gasteiger partial charge >= 0.3 is 0 Å². The number of carbonyl (C=O) groups is 1. The van der Waals surface area contributed by atoms with Crippen LogP contribution in [0.4, 0.5) is 0 Å². The van der Waals surface area contributed by atoms with E-state index in [0.29, 0.717) is 5.75 Å². The number of rotatable bonds is 6. The average Bonchev–Trinajstić information content (AvgIpc) is 2.74. The Kier molecular flexibility index (Phi) is 6.78. The van der Waals surface area contributed by atoms with E-state index in [0.717, 1.165) is 23.4 Å². The van der Waals surface area contributed by atoms with Gasteiger partial charge in [-0.3, -0.25) is 4.79 Å². The largest absolute Gasteiger partial charge is 0.303 e. The summed E-state index contributed by atoms with van der Waals surface area (Å²) in [6.45, 7) is 7.68. The van der Waals surface area contributed by atoms with Crippen LogP contribution in [0.1, 0.15) is 47.2 Å². The summed E-state index contributed by atoms with van der Waals surface area (Å²) in [7, 11) is 0. The Bertz CT molecular complexity index is 464. The second kappa shape index (κ2) is 8.60. The van der Waals surface area contributed by atoms with Crippen LogP contribution >= 0.6 is 11.8 Å². The lowest BCUT2D eigenvalue weighted by atomic mass is 10.0. The molecule has 0 atom stereocenters. The quantitative estimate of drug-likeness (QED) is 0.583. The molecule has 0 spiro atoms. The number of aryl methyl sites for hydroxylation is 2. The SMILES string of the molecule is Cc1ccc(C)c(C(=O)CSCCN2CCCCCC2)c1. The van der Waals surface area contributed by atoms with Crippen LogP contribution in [-0.2, 0) is 0 Å². The molecule has 21 heavy (non-hydrogen) atoms. The van der Waals surface area contributed by atoms with E-state index in [2.05, 4.69) is 11.0 Å². The highest BCUT2D eigenvalue weighted by molar-refractivity contribution is 8.00. The molecular formula is C18H27NOS. The molecule has 1 aliphatic heterocycles. The van der Waals surface area contributed by atoms with E-state index in [1.807, 2.05) is 26.0 Å². The van der Waals surface area contributed by atoms with Crippen molar-refractivity contribution in [3.8, 4) is 0 Å². The van der Waals surface area contributed by atoms with Gasteiger partial charge in [0.25, 0.3) is 0 Å². The van der Waals surface area contributed by atoms with Crippen molar-refractivity contribution in [3.63, 3.8) is 0 Å². The van der Waals surface area contributed by atoms with Crippen molar-refractivity contribution < 1.29 is 4.79 Å². The molecule has 0 N–H and O–H groups in total. The molecule has 0 radical (unpaired) electrons. The Morgan fingerprint density at radius 3 is 2.57 bits per heavy atom. The molecule has 116 valence electrons. The fourth-order valence-corrected chi connectivity index (χ4v) is 3.70. The van der Waals surface area contributed by atoms with Gasteiger partial charge in [0.05, 0.1) is 5.75 Å². The Labute approximate surface area is 133 Å². The van der Waals surface area contributed by atoms with Crippen LogP contribution in [0, 0.1) is 13.8 Å². The van der Waals surface area contributed by atoms with Gasteiger partial charge < -0.3 is 4.90 Å². The molecule has 0 unspecified atom stereocenters.